The standard InChI is InChI=1S/C15H14ClN3O3/c16-12-5-1-2-6-13(12)18-14(20)7-8-15(21)19-17-10-11-4-3-9-22-11/h1-6,9-10H,7-8H2,(H,18,20)(H,19,21). The third-order valence-corrected chi connectivity index (χ3v) is 2.98. The Morgan fingerprint density at radius 2 is 1.91 bits per heavy atom. The Balaban J connectivity index is 1.72. The molecule has 0 radical (unpaired) electrons. The quantitative estimate of drug-likeness (QED) is 0.634. The van der Waals surface area contributed by atoms with E-state index in [1.165, 1.54) is 12.5 Å². The number of amides is 2. The van der Waals surface area contributed by atoms with Gasteiger partial charge in [0.15, 0.2) is 0 Å². The lowest BCUT2D eigenvalue weighted by molar-refractivity contribution is -0.124. The summed E-state index contributed by atoms with van der Waals surface area (Å²) in [4.78, 5) is 23.3. The van der Waals surface area contributed by atoms with E-state index in [0.29, 0.717) is 16.5 Å². The predicted molar refractivity (Wildman–Crippen MR) is 83.8 cm³/mol. The van der Waals surface area contributed by atoms with Crippen LogP contribution >= 0.6 is 11.6 Å². The molecule has 0 aliphatic heterocycles. The van der Waals surface area contributed by atoms with Gasteiger partial charge in [-0.1, -0.05) is 23.7 Å². The van der Waals surface area contributed by atoms with Crippen LogP contribution in [-0.2, 0) is 9.59 Å². The van der Waals surface area contributed by atoms with Crippen molar-refractivity contribution in [1.29, 1.82) is 0 Å². The zero-order chi connectivity index (χ0) is 15.8. The summed E-state index contributed by atoms with van der Waals surface area (Å²) in [6.45, 7) is 0. The first kappa shape index (κ1) is 15.8. The Morgan fingerprint density at radius 3 is 2.64 bits per heavy atom. The SMILES string of the molecule is O=C(CCC(=O)Nc1ccccc1Cl)NN=Cc1ccco1. The van der Waals surface area contributed by atoms with Crippen molar-refractivity contribution < 1.29 is 14.0 Å². The molecule has 0 aliphatic rings. The highest BCUT2D eigenvalue weighted by Crippen LogP contribution is 2.20. The number of anilines is 1. The van der Waals surface area contributed by atoms with Crippen molar-refractivity contribution in [2.45, 2.75) is 12.8 Å². The molecule has 6 nitrogen and oxygen atoms in total. The Morgan fingerprint density at radius 1 is 1.14 bits per heavy atom. The molecule has 1 heterocycles. The van der Waals surface area contributed by atoms with E-state index in [1.807, 2.05) is 0 Å². The summed E-state index contributed by atoms with van der Waals surface area (Å²) in [6.07, 6.45) is 2.93. The molecular weight excluding hydrogens is 306 g/mol. The van der Waals surface area contributed by atoms with Crippen molar-refractivity contribution in [2.75, 3.05) is 5.32 Å². The minimum Gasteiger partial charge on any atom is -0.463 e. The molecular formula is C15H14ClN3O3. The van der Waals surface area contributed by atoms with Crippen molar-refractivity contribution in [3.63, 3.8) is 0 Å². The summed E-state index contributed by atoms with van der Waals surface area (Å²) >= 11 is 5.93. The fraction of sp³-hybridized carbons (Fsp3) is 0.133. The van der Waals surface area contributed by atoms with Crippen LogP contribution < -0.4 is 10.7 Å². The van der Waals surface area contributed by atoms with E-state index in [1.54, 1.807) is 36.4 Å². The third kappa shape index (κ3) is 5.06. The fourth-order valence-corrected chi connectivity index (χ4v) is 1.77. The molecule has 114 valence electrons. The summed E-state index contributed by atoms with van der Waals surface area (Å²) in [7, 11) is 0. The summed E-state index contributed by atoms with van der Waals surface area (Å²) < 4.78 is 5.01. The van der Waals surface area contributed by atoms with Crippen LogP contribution in [0.25, 0.3) is 0 Å². The fourth-order valence-electron chi connectivity index (χ4n) is 1.59. The van der Waals surface area contributed by atoms with Gasteiger partial charge < -0.3 is 9.73 Å². The zero-order valence-electron chi connectivity index (χ0n) is 11.6. The second kappa shape index (κ2) is 7.99. The van der Waals surface area contributed by atoms with Gasteiger partial charge in [-0.2, -0.15) is 5.10 Å². The molecule has 0 saturated heterocycles. The van der Waals surface area contributed by atoms with Gasteiger partial charge in [0.25, 0.3) is 0 Å². The maximum Gasteiger partial charge on any atom is 0.240 e. The van der Waals surface area contributed by atoms with Crippen LogP contribution in [0.3, 0.4) is 0 Å². The van der Waals surface area contributed by atoms with Gasteiger partial charge in [0.2, 0.25) is 11.8 Å². The number of carbonyl (C=O) groups excluding carboxylic acids is 2. The molecule has 2 amide bonds. The number of nitrogens with one attached hydrogen (secondary N) is 2. The lowest BCUT2D eigenvalue weighted by Crippen LogP contribution is -2.20. The van der Waals surface area contributed by atoms with E-state index < -0.39 is 0 Å². The van der Waals surface area contributed by atoms with Crippen LogP contribution in [-0.4, -0.2) is 18.0 Å². The molecule has 22 heavy (non-hydrogen) atoms. The van der Waals surface area contributed by atoms with Gasteiger partial charge in [-0.25, -0.2) is 5.43 Å². The van der Waals surface area contributed by atoms with Gasteiger partial charge >= 0.3 is 0 Å². The predicted octanol–water partition coefficient (Wildman–Crippen LogP) is 2.80. The smallest absolute Gasteiger partial charge is 0.240 e. The van der Waals surface area contributed by atoms with Crippen LogP contribution in [0, 0.1) is 0 Å². The normalized spacial score (nSPS) is 10.6. The van der Waals surface area contributed by atoms with Crippen molar-refractivity contribution in [3.8, 4) is 0 Å². The number of halogens is 1. The summed E-state index contributed by atoms with van der Waals surface area (Å²) in [6, 6.07) is 10.3. The van der Waals surface area contributed by atoms with Crippen LogP contribution in [0.4, 0.5) is 5.69 Å². The number of hydrogen-bond acceptors (Lipinski definition) is 4. The molecule has 0 spiro atoms. The summed E-state index contributed by atoms with van der Waals surface area (Å²) in [5.41, 5.74) is 2.83. The number of nitrogens with zero attached hydrogens (tertiary/aromatic N) is 1. The zero-order valence-corrected chi connectivity index (χ0v) is 12.3. The molecule has 0 bridgehead atoms. The average molecular weight is 320 g/mol. The molecule has 0 atom stereocenters. The molecule has 0 aliphatic carbocycles. The van der Waals surface area contributed by atoms with Gasteiger partial charge in [0, 0.05) is 12.8 Å². The van der Waals surface area contributed by atoms with E-state index in [0.717, 1.165) is 0 Å². The molecule has 2 aromatic rings. The highest BCUT2D eigenvalue weighted by molar-refractivity contribution is 6.33. The molecule has 2 N–H and O–H groups in total. The van der Waals surface area contributed by atoms with Gasteiger partial charge in [-0.05, 0) is 24.3 Å². The van der Waals surface area contributed by atoms with Crippen LogP contribution in [0.5, 0.6) is 0 Å². The van der Waals surface area contributed by atoms with Crippen molar-refractivity contribution in [2.24, 2.45) is 5.10 Å². The van der Waals surface area contributed by atoms with Crippen LogP contribution in [0.15, 0.2) is 52.2 Å². The first-order valence-electron chi connectivity index (χ1n) is 6.55. The molecule has 0 unspecified atom stereocenters. The number of furan rings is 1. The Labute approximate surface area is 132 Å². The van der Waals surface area contributed by atoms with E-state index in [4.69, 9.17) is 16.0 Å². The average Bonchev–Trinajstić information content (AvgIpc) is 3.01. The van der Waals surface area contributed by atoms with Gasteiger partial charge in [0.1, 0.15) is 5.76 Å². The number of carbonyl (C=O) groups is 2. The van der Waals surface area contributed by atoms with E-state index in [-0.39, 0.29) is 24.7 Å². The van der Waals surface area contributed by atoms with Gasteiger partial charge in [-0.15, -0.1) is 0 Å². The second-order valence-electron chi connectivity index (χ2n) is 4.34. The maximum absolute atomic E-state index is 11.7. The van der Waals surface area contributed by atoms with E-state index in [9.17, 15) is 9.59 Å². The largest absolute Gasteiger partial charge is 0.463 e. The second-order valence-corrected chi connectivity index (χ2v) is 4.74. The first-order valence-corrected chi connectivity index (χ1v) is 6.93. The molecule has 0 saturated carbocycles. The highest BCUT2D eigenvalue weighted by atomic mass is 35.5. The van der Waals surface area contributed by atoms with Crippen molar-refractivity contribution in [3.05, 3.63) is 53.4 Å². The summed E-state index contributed by atoms with van der Waals surface area (Å²) in [5, 5.41) is 6.81. The van der Waals surface area contributed by atoms with Gasteiger partial charge in [0.05, 0.1) is 23.2 Å². The van der Waals surface area contributed by atoms with Crippen LogP contribution in [0.1, 0.15) is 18.6 Å². The highest BCUT2D eigenvalue weighted by Gasteiger charge is 2.08. The summed E-state index contributed by atoms with van der Waals surface area (Å²) in [5.74, 6) is -0.132. The molecule has 0 fully saturated rings. The molecule has 1 aromatic carbocycles. The third-order valence-electron chi connectivity index (χ3n) is 2.65. The van der Waals surface area contributed by atoms with Gasteiger partial charge in [-0.3, -0.25) is 9.59 Å². The maximum atomic E-state index is 11.7. The number of hydrogen-bond donors (Lipinski definition) is 2. The Bertz CT molecular complexity index is 668. The minimum atomic E-state index is -0.364. The topological polar surface area (TPSA) is 83.7 Å². The Hall–Kier alpha value is -2.60. The monoisotopic (exact) mass is 319 g/mol. The first-order chi connectivity index (χ1) is 10.6. The lowest BCUT2D eigenvalue weighted by Gasteiger charge is -2.06. The number of rotatable bonds is 6. The van der Waals surface area contributed by atoms with E-state index >= 15 is 0 Å². The number of benzene rings is 1. The van der Waals surface area contributed by atoms with Crippen molar-refractivity contribution in [1.82, 2.24) is 5.43 Å². The lowest BCUT2D eigenvalue weighted by atomic mass is 10.2. The number of hydrazone groups is 1. The van der Waals surface area contributed by atoms with E-state index in [2.05, 4.69) is 15.8 Å². The minimum absolute atomic E-state index is 0.0196. The van der Waals surface area contributed by atoms with Crippen molar-refractivity contribution >= 4 is 35.3 Å². The molecule has 1 aromatic heterocycles. The van der Waals surface area contributed by atoms with Crippen LogP contribution in [0.2, 0.25) is 5.02 Å². The molecule has 7 heteroatoms. The Kier molecular flexibility index (Phi) is 5.73. The molecule has 2 rings (SSSR count). The number of para-hydroxylation sites is 1.